The van der Waals surface area contributed by atoms with Gasteiger partial charge in [-0.1, -0.05) is 54.6 Å². The van der Waals surface area contributed by atoms with E-state index in [1.165, 1.54) is 0 Å². The molecule has 1 aliphatic rings. The second-order valence-electron chi connectivity index (χ2n) is 8.58. The summed E-state index contributed by atoms with van der Waals surface area (Å²) in [5.74, 6) is -0.729. The van der Waals surface area contributed by atoms with E-state index in [-0.39, 0.29) is 19.8 Å². The number of hydrogen-bond acceptors (Lipinski definition) is 7. The molecule has 0 spiro atoms. The van der Waals surface area contributed by atoms with Crippen molar-refractivity contribution in [2.24, 2.45) is 5.92 Å². The van der Waals surface area contributed by atoms with Crippen molar-refractivity contribution in [1.82, 2.24) is 0 Å². The first kappa shape index (κ1) is 25.2. The average molecular weight is 481 g/mol. The molecule has 186 valence electrons. The molecule has 1 saturated heterocycles. The summed E-state index contributed by atoms with van der Waals surface area (Å²) in [5.41, 5.74) is 2.55. The zero-order valence-corrected chi connectivity index (χ0v) is 20.0. The van der Waals surface area contributed by atoms with Crippen LogP contribution in [0.15, 0.2) is 78.9 Å². The minimum absolute atomic E-state index is 0.0751. The van der Waals surface area contributed by atoms with Crippen LogP contribution in [0.2, 0.25) is 0 Å². The maximum absolute atomic E-state index is 11.5. The highest BCUT2D eigenvalue weighted by molar-refractivity contribution is 5.27. The predicted octanol–water partition coefficient (Wildman–Crippen LogP) is 3.87. The summed E-state index contributed by atoms with van der Waals surface area (Å²) in [4.78, 5) is 0. The van der Waals surface area contributed by atoms with Gasteiger partial charge < -0.3 is 33.9 Å². The Morgan fingerprint density at radius 1 is 0.857 bits per heavy atom. The summed E-state index contributed by atoms with van der Waals surface area (Å²) < 4.78 is 28.3. The molecule has 0 amide bonds. The maximum Gasteiger partial charge on any atom is 0.197 e. The summed E-state index contributed by atoms with van der Waals surface area (Å²) in [6.07, 6.45) is -1.64. The van der Waals surface area contributed by atoms with E-state index in [9.17, 15) is 10.2 Å². The lowest BCUT2D eigenvalue weighted by molar-refractivity contribution is -0.238. The zero-order chi connectivity index (χ0) is 24.7. The van der Waals surface area contributed by atoms with E-state index in [4.69, 9.17) is 23.7 Å². The van der Waals surface area contributed by atoms with E-state index in [0.29, 0.717) is 12.2 Å². The number of methoxy groups -OCH3 is 2. The molecular formula is C28H32O7. The van der Waals surface area contributed by atoms with Crippen LogP contribution < -0.4 is 9.47 Å². The fourth-order valence-electron chi connectivity index (χ4n) is 4.18. The average Bonchev–Trinajstić information content (AvgIpc) is 3.24. The SMILES string of the molecule is COc1ccc(COCC2C([C@H](O)c3ccccc3)OC[C@@]2(O)OCc2ccc(OC)cc2)cc1. The first-order valence-electron chi connectivity index (χ1n) is 11.6. The Bertz CT molecular complexity index is 1040. The normalized spacial score (nSPS) is 22.6. The number of benzene rings is 3. The third-order valence-electron chi connectivity index (χ3n) is 6.28. The van der Waals surface area contributed by atoms with Crippen LogP contribution in [0.25, 0.3) is 0 Å². The minimum Gasteiger partial charge on any atom is -0.497 e. The fourth-order valence-corrected chi connectivity index (χ4v) is 4.18. The molecule has 7 nitrogen and oxygen atoms in total. The number of hydrogen-bond donors (Lipinski definition) is 2. The standard InChI is InChI=1S/C28H32O7/c1-31-23-12-8-20(9-13-23)16-33-18-25-27(26(29)22-6-4-3-5-7-22)34-19-28(25,30)35-17-21-10-14-24(32-2)15-11-21/h3-15,25-27,29-30H,16-19H2,1-2H3/t25?,26-,27?,28-/m1/s1. The quantitative estimate of drug-likeness (QED) is 0.403. The van der Waals surface area contributed by atoms with E-state index >= 15 is 0 Å². The van der Waals surface area contributed by atoms with Gasteiger partial charge in [-0.3, -0.25) is 0 Å². The van der Waals surface area contributed by atoms with Gasteiger partial charge in [0.1, 0.15) is 24.2 Å². The summed E-state index contributed by atoms with van der Waals surface area (Å²) in [5, 5.41) is 22.5. The van der Waals surface area contributed by atoms with Crippen molar-refractivity contribution in [3.05, 3.63) is 95.6 Å². The number of aliphatic hydroxyl groups is 2. The van der Waals surface area contributed by atoms with Gasteiger partial charge in [-0.05, 0) is 41.0 Å². The van der Waals surface area contributed by atoms with Gasteiger partial charge in [0.2, 0.25) is 0 Å². The number of ether oxygens (including phenoxy) is 5. The molecule has 2 N–H and O–H groups in total. The van der Waals surface area contributed by atoms with Crippen molar-refractivity contribution in [3.63, 3.8) is 0 Å². The van der Waals surface area contributed by atoms with Gasteiger partial charge >= 0.3 is 0 Å². The lowest BCUT2D eigenvalue weighted by atomic mass is 9.90. The minimum atomic E-state index is -1.62. The highest BCUT2D eigenvalue weighted by atomic mass is 16.7. The van der Waals surface area contributed by atoms with Crippen LogP contribution in [0.3, 0.4) is 0 Å². The molecule has 4 atom stereocenters. The highest BCUT2D eigenvalue weighted by Crippen LogP contribution is 2.39. The molecule has 35 heavy (non-hydrogen) atoms. The third-order valence-corrected chi connectivity index (χ3v) is 6.28. The van der Waals surface area contributed by atoms with Crippen LogP contribution in [-0.2, 0) is 27.4 Å². The van der Waals surface area contributed by atoms with Crippen molar-refractivity contribution in [1.29, 1.82) is 0 Å². The summed E-state index contributed by atoms with van der Waals surface area (Å²) in [7, 11) is 3.23. The summed E-state index contributed by atoms with van der Waals surface area (Å²) in [6, 6.07) is 24.3. The number of aliphatic hydroxyl groups excluding tert-OH is 1. The maximum atomic E-state index is 11.5. The monoisotopic (exact) mass is 480 g/mol. The van der Waals surface area contributed by atoms with Crippen LogP contribution in [0.4, 0.5) is 0 Å². The van der Waals surface area contributed by atoms with Crippen molar-refractivity contribution in [2.45, 2.75) is 31.2 Å². The van der Waals surface area contributed by atoms with E-state index in [2.05, 4.69) is 0 Å². The lowest BCUT2D eigenvalue weighted by Crippen LogP contribution is -2.45. The Balaban J connectivity index is 1.46. The number of rotatable bonds is 11. The lowest BCUT2D eigenvalue weighted by Gasteiger charge is -2.32. The van der Waals surface area contributed by atoms with E-state index in [0.717, 1.165) is 22.6 Å². The first-order chi connectivity index (χ1) is 17.0. The molecule has 4 rings (SSSR count). The highest BCUT2D eigenvalue weighted by Gasteiger charge is 2.52. The van der Waals surface area contributed by atoms with Crippen molar-refractivity contribution in [2.75, 3.05) is 27.4 Å². The fraction of sp³-hybridized carbons (Fsp3) is 0.357. The van der Waals surface area contributed by atoms with Crippen LogP contribution in [-0.4, -0.2) is 49.5 Å². The smallest absolute Gasteiger partial charge is 0.197 e. The predicted molar refractivity (Wildman–Crippen MR) is 130 cm³/mol. The Hall–Kier alpha value is -2.94. The van der Waals surface area contributed by atoms with E-state index in [1.54, 1.807) is 14.2 Å². The van der Waals surface area contributed by atoms with Gasteiger partial charge in [0.25, 0.3) is 0 Å². The van der Waals surface area contributed by atoms with E-state index < -0.39 is 23.9 Å². The third kappa shape index (κ3) is 6.20. The largest absolute Gasteiger partial charge is 0.497 e. The van der Waals surface area contributed by atoms with Gasteiger partial charge in [0.05, 0.1) is 46.1 Å². The van der Waals surface area contributed by atoms with Crippen molar-refractivity contribution >= 4 is 0 Å². The Labute approximate surface area is 205 Å². The molecule has 3 aromatic rings. The molecule has 0 aliphatic carbocycles. The molecule has 0 bridgehead atoms. The Kier molecular flexibility index (Phi) is 8.38. The van der Waals surface area contributed by atoms with Crippen LogP contribution in [0.1, 0.15) is 22.8 Å². The summed E-state index contributed by atoms with van der Waals surface area (Å²) >= 11 is 0. The Morgan fingerprint density at radius 2 is 1.43 bits per heavy atom. The van der Waals surface area contributed by atoms with Gasteiger partial charge in [-0.25, -0.2) is 0 Å². The first-order valence-corrected chi connectivity index (χ1v) is 11.6. The van der Waals surface area contributed by atoms with Gasteiger partial charge in [-0.2, -0.15) is 0 Å². The van der Waals surface area contributed by atoms with Crippen molar-refractivity contribution in [3.8, 4) is 11.5 Å². The molecule has 7 heteroatoms. The molecule has 2 unspecified atom stereocenters. The molecule has 0 saturated carbocycles. The van der Waals surface area contributed by atoms with Gasteiger partial charge in [0.15, 0.2) is 5.79 Å². The molecular weight excluding hydrogens is 448 g/mol. The van der Waals surface area contributed by atoms with E-state index in [1.807, 2.05) is 78.9 Å². The summed E-state index contributed by atoms with van der Waals surface area (Å²) in [6.45, 7) is 0.574. The molecule has 1 heterocycles. The molecule has 1 aliphatic heterocycles. The zero-order valence-electron chi connectivity index (χ0n) is 20.0. The van der Waals surface area contributed by atoms with Crippen LogP contribution in [0.5, 0.6) is 11.5 Å². The molecule has 0 aromatic heterocycles. The Morgan fingerprint density at radius 3 is 2.00 bits per heavy atom. The topological polar surface area (TPSA) is 86.6 Å². The second-order valence-corrected chi connectivity index (χ2v) is 8.58. The molecule has 3 aromatic carbocycles. The van der Waals surface area contributed by atoms with Gasteiger partial charge in [0, 0.05) is 0 Å². The molecule has 1 fully saturated rings. The second kappa shape index (κ2) is 11.7. The molecule has 0 radical (unpaired) electrons. The van der Waals surface area contributed by atoms with Gasteiger partial charge in [-0.15, -0.1) is 0 Å². The van der Waals surface area contributed by atoms with Crippen LogP contribution >= 0.6 is 0 Å². The van der Waals surface area contributed by atoms with Crippen molar-refractivity contribution < 1.29 is 33.9 Å². The van der Waals surface area contributed by atoms with Crippen LogP contribution in [0, 0.1) is 5.92 Å².